The Morgan fingerprint density at radius 3 is 2.28 bits per heavy atom. The fraction of sp³-hybridized carbons (Fsp3) is 0.400. The minimum absolute atomic E-state index is 0.243. The van der Waals surface area contributed by atoms with Crippen molar-refractivity contribution >= 4 is 27.5 Å². The quantitative estimate of drug-likeness (QED) is 0.319. The van der Waals surface area contributed by atoms with E-state index in [1.807, 2.05) is 0 Å². The van der Waals surface area contributed by atoms with Crippen LogP contribution in [0.1, 0.15) is 52.5 Å². The topological polar surface area (TPSA) is 8.17 Å². The number of para-hydroxylation sites is 2. The molecule has 1 saturated carbocycles. The Morgan fingerprint density at radius 1 is 0.812 bits per heavy atom. The molecule has 0 amide bonds. The summed E-state index contributed by atoms with van der Waals surface area (Å²) in [5.74, 6) is 0.775. The molecule has 7 rings (SSSR count). The van der Waals surface area contributed by atoms with Gasteiger partial charge in [-0.15, -0.1) is 0 Å². The molecule has 0 radical (unpaired) electrons. The van der Waals surface area contributed by atoms with E-state index >= 15 is 0 Å². The lowest BCUT2D eigenvalue weighted by atomic mass is 9.54. The summed E-state index contributed by atoms with van der Waals surface area (Å²) in [6.07, 6.45) is 3.93. The smallest absolute Gasteiger partial charge is 0.0545 e. The fourth-order valence-electron chi connectivity index (χ4n) is 7.10. The van der Waals surface area contributed by atoms with Crippen molar-refractivity contribution in [2.24, 2.45) is 11.3 Å². The zero-order valence-electron chi connectivity index (χ0n) is 20.0. The number of anilines is 1. The van der Waals surface area contributed by atoms with Crippen molar-refractivity contribution in [1.82, 2.24) is 4.57 Å². The van der Waals surface area contributed by atoms with Gasteiger partial charge < -0.3 is 9.47 Å². The van der Waals surface area contributed by atoms with Gasteiger partial charge in [-0.05, 0) is 87.3 Å². The van der Waals surface area contributed by atoms with Gasteiger partial charge in [0.2, 0.25) is 0 Å². The summed E-state index contributed by atoms with van der Waals surface area (Å²) in [4.78, 5) is 2.81. The van der Waals surface area contributed by atoms with E-state index in [-0.39, 0.29) is 5.54 Å². The van der Waals surface area contributed by atoms with Gasteiger partial charge in [0.25, 0.3) is 0 Å². The highest BCUT2D eigenvalue weighted by Gasteiger charge is 2.56. The molecule has 4 atom stereocenters. The van der Waals surface area contributed by atoms with E-state index in [0.717, 1.165) is 5.92 Å². The van der Waals surface area contributed by atoms with Gasteiger partial charge in [-0.2, -0.15) is 0 Å². The Hall–Kier alpha value is -2.74. The van der Waals surface area contributed by atoms with Crippen LogP contribution in [0.3, 0.4) is 0 Å². The molecule has 1 aromatic heterocycles. The van der Waals surface area contributed by atoms with Gasteiger partial charge in [-0.1, -0.05) is 50.2 Å². The van der Waals surface area contributed by atoms with Crippen LogP contribution in [-0.4, -0.2) is 16.1 Å². The number of rotatable bonds is 2. The van der Waals surface area contributed by atoms with Crippen molar-refractivity contribution in [1.29, 1.82) is 0 Å². The lowest BCUT2D eigenvalue weighted by Gasteiger charge is -2.65. The Balaban J connectivity index is 1.62. The molecule has 3 heterocycles. The lowest BCUT2D eigenvalue weighted by molar-refractivity contribution is -0.00504. The van der Waals surface area contributed by atoms with E-state index in [0.29, 0.717) is 11.5 Å². The maximum Gasteiger partial charge on any atom is 0.0545 e. The number of piperidine rings is 2. The third-order valence-corrected chi connectivity index (χ3v) is 9.26. The molecule has 2 heteroatoms. The Bertz CT molecular complexity index is 1330. The zero-order chi connectivity index (χ0) is 22.3. The first kappa shape index (κ1) is 19.9. The van der Waals surface area contributed by atoms with Crippen molar-refractivity contribution < 1.29 is 0 Å². The van der Waals surface area contributed by atoms with Crippen LogP contribution >= 0.6 is 0 Å². The monoisotopic (exact) mass is 422 g/mol. The first-order valence-corrected chi connectivity index (χ1v) is 12.2. The molecule has 2 bridgehead atoms. The van der Waals surface area contributed by atoms with Crippen molar-refractivity contribution in [3.8, 4) is 5.69 Å². The summed E-state index contributed by atoms with van der Waals surface area (Å²) in [6, 6.07) is 25.1. The molecular weight excluding hydrogens is 388 g/mol. The van der Waals surface area contributed by atoms with Crippen molar-refractivity contribution in [3.63, 3.8) is 0 Å². The van der Waals surface area contributed by atoms with Crippen LogP contribution < -0.4 is 4.90 Å². The van der Waals surface area contributed by atoms with Gasteiger partial charge in [0.15, 0.2) is 0 Å². The predicted octanol–water partition coefficient (Wildman–Crippen LogP) is 7.89. The van der Waals surface area contributed by atoms with Crippen molar-refractivity contribution in [3.05, 3.63) is 72.3 Å². The minimum atomic E-state index is 0.243. The summed E-state index contributed by atoms with van der Waals surface area (Å²) in [6.45, 7) is 12.3. The van der Waals surface area contributed by atoms with Crippen molar-refractivity contribution in [2.45, 2.75) is 65.5 Å². The second kappa shape index (κ2) is 6.63. The second-order valence-electron chi connectivity index (χ2n) is 11.0. The number of hydrogen-bond acceptors (Lipinski definition) is 1. The molecule has 1 aliphatic carbocycles. The van der Waals surface area contributed by atoms with Crippen LogP contribution in [-0.2, 0) is 0 Å². The summed E-state index contributed by atoms with van der Waals surface area (Å²) < 4.78 is 2.43. The summed E-state index contributed by atoms with van der Waals surface area (Å²) in [7, 11) is 0. The Kier molecular flexibility index (Phi) is 4.13. The highest BCUT2D eigenvalue weighted by atomic mass is 15.3. The number of aromatic nitrogens is 1. The molecule has 0 N–H and O–H groups in total. The maximum atomic E-state index is 2.81. The Morgan fingerprint density at radius 2 is 1.53 bits per heavy atom. The summed E-state index contributed by atoms with van der Waals surface area (Å²) >= 11 is 0. The lowest BCUT2D eigenvalue weighted by Crippen LogP contribution is -2.68. The predicted molar refractivity (Wildman–Crippen MR) is 137 cm³/mol. The second-order valence-corrected chi connectivity index (χ2v) is 11.0. The first-order valence-electron chi connectivity index (χ1n) is 12.2. The largest absolute Gasteiger partial charge is 0.363 e. The third-order valence-electron chi connectivity index (χ3n) is 9.26. The average molecular weight is 423 g/mol. The van der Waals surface area contributed by atoms with Gasteiger partial charge in [0.1, 0.15) is 0 Å². The first-order chi connectivity index (χ1) is 15.3. The van der Waals surface area contributed by atoms with Crippen LogP contribution in [0.5, 0.6) is 0 Å². The van der Waals surface area contributed by atoms with E-state index < -0.39 is 0 Å². The Labute approximate surface area is 191 Å². The molecule has 2 nitrogen and oxygen atoms in total. The number of fused-ring (bicyclic) bond motifs is 6. The highest BCUT2D eigenvalue weighted by Crippen LogP contribution is 2.58. The molecule has 164 valence electrons. The summed E-state index contributed by atoms with van der Waals surface area (Å²) in [5, 5.41) is 2.70. The number of aryl methyl sites for hydroxylation is 1. The minimum Gasteiger partial charge on any atom is -0.363 e. The van der Waals surface area contributed by atoms with Gasteiger partial charge in [-0.25, -0.2) is 0 Å². The van der Waals surface area contributed by atoms with Gasteiger partial charge >= 0.3 is 0 Å². The van der Waals surface area contributed by atoms with E-state index in [4.69, 9.17) is 0 Å². The molecule has 0 spiro atoms. The number of hydrogen-bond donors (Lipinski definition) is 0. The van der Waals surface area contributed by atoms with E-state index in [2.05, 4.69) is 111 Å². The van der Waals surface area contributed by atoms with Gasteiger partial charge in [-0.3, -0.25) is 0 Å². The number of nitrogens with zero attached hydrogens (tertiary/aromatic N) is 2. The SMILES string of the molecule is Cc1cc2c(cc1N1C(C)C3(C)CCC1(C)CC3C)c1ccccc1n2-c1ccccc1. The summed E-state index contributed by atoms with van der Waals surface area (Å²) in [5.41, 5.74) is 7.26. The van der Waals surface area contributed by atoms with E-state index in [1.54, 1.807) is 0 Å². The zero-order valence-corrected chi connectivity index (χ0v) is 20.0. The van der Waals surface area contributed by atoms with Crippen LogP contribution in [0, 0.1) is 18.3 Å². The highest BCUT2D eigenvalue weighted by molar-refractivity contribution is 6.10. The third kappa shape index (κ3) is 2.53. The van der Waals surface area contributed by atoms with Crippen LogP contribution in [0.15, 0.2) is 66.7 Å². The van der Waals surface area contributed by atoms with Crippen LogP contribution in [0.25, 0.3) is 27.5 Å². The fourth-order valence-corrected chi connectivity index (χ4v) is 7.10. The molecule has 3 aromatic carbocycles. The van der Waals surface area contributed by atoms with E-state index in [1.165, 1.54) is 58.0 Å². The molecule has 4 unspecified atom stereocenters. The molecule has 2 saturated heterocycles. The molecule has 4 aromatic rings. The molecule has 3 aliphatic rings. The molecular formula is C30H34N2. The van der Waals surface area contributed by atoms with Crippen LogP contribution in [0.2, 0.25) is 0 Å². The van der Waals surface area contributed by atoms with Crippen molar-refractivity contribution in [2.75, 3.05) is 4.90 Å². The molecule has 32 heavy (non-hydrogen) atoms. The standard InChI is InChI=1S/C30H34N2/c1-20-17-28-25(24-13-9-10-14-26(24)31(28)23-11-7-6-8-12-23)18-27(20)32-22(3)30(5)16-15-29(32,4)19-21(30)2/h6-14,17-18,21-22H,15-16,19H2,1-5H3. The van der Waals surface area contributed by atoms with Gasteiger partial charge in [0.05, 0.1) is 11.0 Å². The van der Waals surface area contributed by atoms with Crippen LogP contribution in [0.4, 0.5) is 5.69 Å². The van der Waals surface area contributed by atoms with E-state index in [9.17, 15) is 0 Å². The molecule has 3 fully saturated rings. The number of benzene rings is 3. The maximum absolute atomic E-state index is 2.81. The average Bonchev–Trinajstić information content (AvgIpc) is 3.10. The molecule has 2 aliphatic heterocycles. The van der Waals surface area contributed by atoms with Gasteiger partial charge in [0, 0.05) is 33.7 Å². The normalized spacial score (nSPS) is 29.8.